The minimum atomic E-state index is -0.192. The molecule has 0 fully saturated rings. The highest BCUT2D eigenvalue weighted by Gasteiger charge is 2.05. The summed E-state index contributed by atoms with van der Waals surface area (Å²) in [4.78, 5) is 11.7. The van der Waals surface area contributed by atoms with E-state index in [1.807, 2.05) is 18.2 Å². The van der Waals surface area contributed by atoms with Crippen LogP contribution in [-0.4, -0.2) is 16.1 Å². The smallest absolute Gasteiger partial charge is 0.253 e. The Morgan fingerprint density at radius 1 is 1.24 bits per heavy atom. The van der Waals surface area contributed by atoms with E-state index in [1.165, 1.54) is 12.4 Å². The third-order valence-corrected chi connectivity index (χ3v) is 2.34. The van der Waals surface area contributed by atoms with Crippen LogP contribution in [0.4, 0.5) is 5.69 Å². The fourth-order valence-electron chi connectivity index (χ4n) is 1.40. The van der Waals surface area contributed by atoms with Crippen LogP contribution in [0.3, 0.4) is 0 Å². The SMILES string of the molecule is Nc1ccccc1CNC(=O)c1ccnnc1. The minimum absolute atomic E-state index is 0.192. The second-order valence-corrected chi connectivity index (χ2v) is 3.51. The van der Waals surface area contributed by atoms with Crippen LogP contribution >= 0.6 is 0 Å². The lowest BCUT2D eigenvalue weighted by Gasteiger charge is -2.07. The predicted molar refractivity (Wildman–Crippen MR) is 64.1 cm³/mol. The third kappa shape index (κ3) is 2.78. The molecule has 86 valence electrons. The molecule has 0 aliphatic heterocycles. The summed E-state index contributed by atoms with van der Waals surface area (Å²) in [6, 6.07) is 9.02. The number of aromatic nitrogens is 2. The molecule has 1 aromatic carbocycles. The molecule has 0 aliphatic carbocycles. The maximum absolute atomic E-state index is 11.7. The number of hydrogen-bond acceptors (Lipinski definition) is 4. The Bertz CT molecular complexity index is 513. The van der Waals surface area contributed by atoms with E-state index in [1.54, 1.807) is 12.1 Å². The highest BCUT2D eigenvalue weighted by molar-refractivity contribution is 5.93. The molecular formula is C12H12N4O. The largest absolute Gasteiger partial charge is 0.398 e. The number of nitrogens with zero attached hydrogens (tertiary/aromatic N) is 2. The quantitative estimate of drug-likeness (QED) is 0.767. The zero-order valence-corrected chi connectivity index (χ0v) is 9.13. The summed E-state index contributed by atoms with van der Waals surface area (Å²) in [5.41, 5.74) is 7.81. The second-order valence-electron chi connectivity index (χ2n) is 3.51. The number of para-hydroxylation sites is 1. The number of anilines is 1. The van der Waals surface area contributed by atoms with Gasteiger partial charge in [0.15, 0.2) is 0 Å². The van der Waals surface area contributed by atoms with Crippen molar-refractivity contribution >= 4 is 11.6 Å². The molecule has 1 amide bonds. The van der Waals surface area contributed by atoms with E-state index < -0.39 is 0 Å². The molecule has 0 saturated carbocycles. The van der Waals surface area contributed by atoms with Crippen LogP contribution in [0.25, 0.3) is 0 Å². The Morgan fingerprint density at radius 2 is 2.06 bits per heavy atom. The monoisotopic (exact) mass is 228 g/mol. The summed E-state index contributed by atoms with van der Waals surface area (Å²) in [5, 5.41) is 10.0. The Balaban J connectivity index is 2.00. The van der Waals surface area contributed by atoms with Gasteiger partial charge in [-0.2, -0.15) is 10.2 Å². The second kappa shape index (κ2) is 5.07. The van der Waals surface area contributed by atoms with Gasteiger partial charge >= 0.3 is 0 Å². The van der Waals surface area contributed by atoms with Gasteiger partial charge in [0.25, 0.3) is 5.91 Å². The number of carbonyl (C=O) groups excluding carboxylic acids is 1. The molecule has 3 N–H and O–H groups in total. The number of rotatable bonds is 3. The molecule has 0 radical (unpaired) electrons. The highest BCUT2D eigenvalue weighted by atomic mass is 16.1. The third-order valence-electron chi connectivity index (χ3n) is 2.34. The van der Waals surface area contributed by atoms with E-state index in [0.29, 0.717) is 17.8 Å². The van der Waals surface area contributed by atoms with Crippen molar-refractivity contribution < 1.29 is 4.79 Å². The Hall–Kier alpha value is -2.43. The van der Waals surface area contributed by atoms with E-state index in [9.17, 15) is 4.79 Å². The number of carbonyl (C=O) groups is 1. The van der Waals surface area contributed by atoms with Crippen molar-refractivity contribution in [1.29, 1.82) is 0 Å². The van der Waals surface area contributed by atoms with Crippen molar-refractivity contribution in [2.75, 3.05) is 5.73 Å². The van der Waals surface area contributed by atoms with Gasteiger partial charge in [0.05, 0.1) is 18.0 Å². The van der Waals surface area contributed by atoms with Crippen molar-refractivity contribution in [3.8, 4) is 0 Å². The van der Waals surface area contributed by atoms with Crippen LogP contribution in [0, 0.1) is 0 Å². The summed E-state index contributed by atoms with van der Waals surface area (Å²) in [6.07, 6.45) is 2.90. The van der Waals surface area contributed by atoms with Crippen LogP contribution in [0.5, 0.6) is 0 Å². The first kappa shape index (κ1) is 11.1. The summed E-state index contributed by atoms with van der Waals surface area (Å²) < 4.78 is 0. The maximum Gasteiger partial charge on any atom is 0.253 e. The summed E-state index contributed by atoms with van der Waals surface area (Å²) in [7, 11) is 0. The first-order chi connectivity index (χ1) is 8.27. The fourth-order valence-corrected chi connectivity index (χ4v) is 1.40. The van der Waals surface area contributed by atoms with Crippen molar-refractivity contribution in [1.82, 2.24) is 15.5 Å². The van der Waals surface area contributed by atoms with Crippen molar-refractivity contribution in [2.45, 2.75) is 6.54 Å². The van der Waals surface area contributed by atoms with Crippen LogP contribution in [0.2, 0.25) is 0 Å². The molecular weight excluding hydrogens is 216 g/mol. The van der Waals surface area contributed by atoms with Gasteiger partial charge in [0, 0.05) is 12.2 Å². The van der Waals surface area contributed by atoms with Crippen LogP contribution < -0.4 is 11.1 Å². The lowest BCUT2D eigenvalue weighted by atomic mass is 10.2. The van der Waals surface area contributed by atoms with Gasteiger partial charge < -0.3 is 11.1 Å². The van der Waals surface area contributed by atoms with Crippen LogP contribution in [-0.2, 0) is 6.54 Å². The van der Waals surface area contributed by atoms with Gasteiger partial charge in [-0.1, -0.05) is 18.2 Å². The Kier molecular flexibility index (Phi) is 3.30. The minimum Gasteiger partial charge on any atom is -0.398 e. The lowest BCUT2D eigenvalue weighted by Crippen LogP contribution is -2.23. The number of nitrogens with two attached hydrogens (primary N) is 1. The van der Waals surface area contributed by atoms with Crippen molar-refractivity contribution in [3.05, 3.63) is 53.9 Å². The van der Waals surface area contributed by atoms with E-state index >= 15 is 0 Å². The normalized spacial score (nSPS) is 9.88. The van der Waals surface area contributed by atoms with Gasteiger partial charge in [-0.3, -0.25) is 4.79 Å². The highest BCUT2D eigenvalue weighted by Crippen LogP contribution is 2.09. The van der Waals surface area contributed by atoms with E-state index in [2.05, 4.69) is 15.5 Å². The predicted octanol–water partition coefficient (Wildman–Crippen LogP) is 0.989. The van der Waals surface area contributed by atoms with Crippen molar-refractivity contribution in [2.24, 2.45) is 0 Å². The molecule has 0 atom stereocenters. The zero-order valence-electron chi connectivity index (χ0n) is 9.13. The Morgan fingerprint density at radius 3 is 2.76 bits per heavy atom. The van der Waals surface area contributed by atoms with Crippen LogP contribution in [0.15, 0.2) is 42.7 Å². The van der Waals surface area contributed by atoms with Gasteiger partial charge in [-0.05, 0) is 17.7 Å². The number of nitrogen functional groups attached to an aromatic ring is 1. The average molecular weight is 228 g/mol. The summed E-state index contributed by atoms with van der Waals surface area (Å²) in [6.45, 7) is 0.397. The number of amides is 1. The van der Waals surface area contributed by atoms with Gasteiger partial charge in [0.1, 0.15) is 0 Å². The van der Waals surface area contributed by atoms with E-state index in [4.69, 9.17) is 5.73 Å². The zero-order chi connectivity index (χ0) is 12.1. The molecule has 0 spiro atoms. The van der Waals surface area contributed by atoms with Gasteiger partial charge in [0.2, 0.25) is 0 Å². The fraction of sp³-hybridized carbons (Fsp3) is 0.0833. The maximum atomic E-state index is 11.7. The molecule has 0 aliphatic rings. The average Bonchev–Trinajstić information content (AvgIpc) is 2.38. The Labute approximate surface area is 98.7 Å². The molecule has 1 aromatic heterocycles. The molecule has 0 saturated heterocycles. The standard InChI is InChI=1S/C12H12N4O/c13-11-4-2-1-3-9(11)7-14-12(17)10-5-6-15-16-8-10/h1-6,8H,7,13H2,(H,14,17). The number of hydrogen-bond donors (Lipinski definition) is 2. The van der Waals surface area contributed by atoms with Gasteiger partial charge in [-0.25, -0.2) is 0 Å². The number of nitrogens with one attached hydrogen (secondary N) is 1. The summed E-state index contributed by atoms with van der Waals surface area (Å²) >= 11 is 0. The van der Waals surface area contributed by atoms with Gasteiger partial charge in [-0.15, -0.1) is 0 Å². The first-order valence-corrected chi connectivity index (χ1v) is 5.15. The number of benzene rings is 1. The summed E-state index contributed by atoms with van der Waals surface area (Å²) in [5.74, 6) is -0.192. The molecule has 2 rings (SSSR count). The molecule has 1 heterocycles. The first-order valence-electron chi connectivity index (χ1n) is 5.15. The van der Waals surface area contributed by atoms with Crippen LogP contribution in [0.1, 0.15) is 15.9 Å². The van der Waals surface area contributed by atoms with Crippen molar-refractivity contribution in [3.63, 3.8) is 0 Å². The molecule has 5 heteroatoms. The molecule has 5 nitrogen and oxygen atoms in total. The molecule has 0 unspecified atom stereocenters. The topological polar surface area (TPSA) is 80.9 Å². The molecule has 2 aromatic rings. The molecule has 17 heavy (non-hydrogen) atoms. The van der Waals surface area contributed by atoms with E-state index in [-0.39, 0.29) is 5.91 Å². The lowest BCUT2D eigenvalue weighted by molar-refractivity contribution is 0.0950. The van der Waals surface area contributed by atoms with E-state index in [0.717, 1.165) is 5.56 Å². The molecule has 0 bridgehead atoms.